The molecule has 0 heterocycles. The molecule has 0 aromatic carbocycles. The van der Waals surface area contributed by atoms with E-state index in [4.69, 9.17) is 18.5 Å². The Hall–Kier alpha value is -0.760. The Bertz CT molecular complexity index is 787. The van der Waals surface area contributed by atoms with Gasteiger partial charge in [-0.1, -0.05) is 148 Å². The van der Waals surface area contributed by atoms with Crippen molar-refractivity contribution >= 4 is 13.8 Å². The Kier molecular flexibility index (Phi) is 32.9. The van der Waals surface area contributed by atoms with E-state index >= 15 is 0 Å². The number of likely N-dealkylation sites (N-methyl/N-ethyl adjacent to an activating group) is 1. The lowest BCUT2D eigenvalue weighted by molar-refractivity contribution is -0.870. The number of carbonyl (C=O) groups is 1. The Morgan fingerprint density at radius 1 is 0.625 bits per heavy atom. The lowest BCUT2D eigenvalue weighted by Gasteiger charge is -2.24. The first-order chi connectivity index (χ1) is 23.1. The lowest BCUT2D eigenvalue weighted by Crippen LogP contribution is -2.37. The van der Waals surface area contributed by atoms with Crippen molar-refractivity contribution in [1.82, 2.24) is 0 Å². The van der Waals surface area contributed by atoms with Crippen LogP contribution in [-0.4, -0.2) is 75.6 Å². The zero-order valence-corrected chi connectivity index (χ0v) is 33.1. The van der Waals surface area contributed by atoms with Crippen LogP contribution in [0.2, 0.25) is 0 Å². The first-order valence-corrected chi connectivity index (χ1v) is 21.4. The van der Waals surface area contributed by atoms with Crippen molar-refractivity contribution in [2.45, 2.75) is 180 Å². The zero-order valence-electron chi connectivity index (χ0n) is 32.2. The van der Waals surface area contributed by atoms with Crippen LogP contribution in [0.3, 0.4) is 0 Å². The smallest absolute Gasteiger partial charge is 0.457 e. The third-order valence-corrected chi connectivity index (χ3v) is 9.56. The quantitative estimate of drug-likeness (QED) is 0.0226. The van der Waals surface area contributed by atoms with Crippen molar-refractivity contribution in [2.75, 3.05) is 54.1 Å². The number of nitrogens with zero attached hydrogens (tertiary/aromatic N) is 1. The van der Waals surface area contributed by atoms with E-state index in [1.165, 1.54) is 109 Å². The number of carbonyl (C=O) groups excluding carboxylic acids is 1. The second kappa shape index (κ2) is 33.4. The molecule has 0 radical (unpaired) electrons. The maximum atomic E-state index is 12.6. The van der Waals surface area contributed by atoms with Crippen molar-refractivity contribution in [3.05, 3.63) is 12.2 Å². The number of esters is 1. The number of ether oxygens (including phenoxy) is 2. The molecule has 0 aliphatic heterocycles. The Labute approximate surface area is 297 Å². The maximum Gasteiger partial charge on any atom is 0.472 e. The highest BCUT2D eigenvalue weighted by Gasteiger charge is 2.26. The van der Waals surface area contributed by atoms with Gasteiger partial charge >= 0.3 is 13.8 Å². The molecule has 1 N–H and O–H groups in total. The zero-order chi connectivity index (χ0) is 35.6. The minimum Gasteiger partial charge on any atom is -0.457 e. The first kappa shape index (κ1) is 47.2. The highest BCUT2D eigenvalue weighted by atomic mass is 31.2. The van der Waals surface area contributed by atoms with Crippen LogP contribution in [0.5, 0.6) is 0 Å². The van der Waals surface area contributed by atoms with Crippen molar-refractivity contribution < 1.29 is 37.3 Å². The van der Waals surface area contributed by atoms with Gasteiger partial charge in [0.15, 0.2) is 0 Å². The average molecular weight is 705 g/mol. The number of hydrogen-bond donors (Lipinski definition) is 1. The average Bonchev–Trinajstić information content (AvgIpc) is 3.03. The highest BCUT2D eigenvalue weighted by molar-refractivity contribution is 7.47. The van der Waals surface area contributed by atoms with Gasteiger partial charge in [-0.15, -0.1) is 0 Å². The molecule has 0 spiro atoms. The molecule has 0 aliphatic rings. The van der Waals surface area contributed by atoms with Crippen LogP contribution >= 0.6 is 7.82 Å². The fourth-order valence-electron chi connectivity index (χ4n) is 5.42. The summed E-state index contributed by atoms with van der Waals surface area (Å²) in [6, 6.07) is 0. The van der Waals surface area contributed by atoms with E-state index < -0.39 is 13.9 Å². The van der Waals surface area contributed by atoms with E-state index in [0.29, 0.717) is 24.1 Å². The summed E-state index contributed by atoms with van der Waals surface area (Å²) in [5, 5.41) is 0. The van der Waals surface area contributed by atoms with Crippen LogP contribution in [0.15, 0.2) is 12.2 Å². The highest BCUT2D eigenvalue weighted by Crippen LogP contribution is 2.43. The largest absolute Gasteiger partial charge is 0.472 e. The van der Waals surface area contributed by atoms with Gasteiger partial charge in [0.25, 0.3) is 0 Å². The van der Waals surface area contributed by atoms with Gasteiger partial charge in [0.2, 0.25) is 0 Å². The van der Waals surface area contributed by atoms with E-state index in [9.17, 15) is 14.3 Å². The van der Waals surface area contributed by atoms with E-state index in [2.05, 4.69) is 26.0 Å². The van der Waals surface area contributed by atoms with Crippen LogP contribution in [0.4, 0.5) is 0 Å². The van der Waals surface area contributed by atoms with E-state index in [1.807, 2.05) is 21.1 Å². The molecule has 2 atom stereocenters. The van der Waals surface area contributed by atoms with Crippen molar-refractivity contribution in [3.8, 4) is 0 Å². The van der Waals surface area contributed by atoms with Gasteiger partial charge < -0.3 is 18.9 Å². The molecular weight excluding hydrogens is 625 g/mol. The van der Waals surface area contributed by atoms with Crippen LogP contribution < -0.4 is 0 Å². The fraction of sp³-hybridized carbons (Fsp3) is 0.923. The second-order valence-corrected chi connectivity index (χ2v) is 16.1. The summed E-state index contributed by atoms with van der Waals surface area (Å²) in [6.45, 7) is 5.59. The summed E-state index contributed by atoms with van der Waals surface area (Å²) >= 11 is 0. The molecule has 0 bridgehead atoms. The summed E-state index contributed by atoms with van der Waals surface area (Å²) in [5.74, 6) is -0.322. The van der Waals surface area contributed by atoms with Gasteiger partial charge in [-0.05, 0) is 32.1 Å². The van der Waals surface area contributed by atoms with Crippen molar-refractivity contribution in [1.29, 1.82) is 0 Å². The number of rotatable bonds is 37. The van der Waals surface area contributed by atoms with Crippen LogP contribution in [0.25, 0.3) is 0 Å². The van der Waals surface area contributed by atoms with E-state index in [1.54, 1.807) is 0 Å². The summed E-state index contributed by atoms with van der Waals surface area (Å²) in [6.07, 6.45) is 33.8. The second-order valence-electron chi connectivity index (χ2n) is 14.7. The van der Waals surface area contributed by atoms with Crippen LogP contribution in [0, 0.1) is 0 Å². The third kappa shape index (κ3) is 36.5. The molecule has 8 nitrogen and oxygen atoms in total. The summed E-state index contributed by atoms with van der Waals surface area (Å²) in [7, 11) is 1.67. The third-order valence-electron chi connectivity index (χ3n) is 8.58. The topological polar surface area (TPSA) is 91.3 Å². The molecule has 48 heavy (non-hydrogen) atoms. The van der Waals surface area contributed by atoms with Gasteiger partial charge in [-0.3, -0.25) is 13.8 Å². The fourth-order valence-corrected chi connectivity index (χ4v) is 6.16. The van der Waals surface area contributed by atoms with Crippen molar-refractivity contribution in [2.24, 2.45) is 0 Å². The monoisotopic (exact) mass is 705 g/mol. The molecule has 0 aromatic rings. The van der Waals surface area contributed by atoms with Gasteiger partial charge in [-0.2, -0.15) is 0 Å². The van der Waals surface area contributed by atoms with Crippen molar-refractivity contribution in [3.63, 3.8) is 0 Å². The maximum absolute atomic E-state index is 12.6. The standard InChI is InChI=1S/C39H78NO7P/c1-6-8-10-12-14-16-18-19-20-21-23-25-27-29-31-34-44-36-38(37-46-48(42,43)45-35-33-40(3,4)5)47-39(41)32-30-28-26-24-22-17-15-13-11-9-7-2/h13,15,38H,6-12,14,16-37H2,1-5H3/p+1/b15-13-. The summed E-state index contributed by atoms with van der Waals surface area (Å²) in [4.78, 5) is 22.7. The molecule has 9 heteroatoms. The van der Waals surface area contributed by atoms with Crippen LogP contribution in [0.1, 0.15) is 174 Å². The molecule has 0 rings (SSSR count). The Morgan fingerprint density at radius 2 is 1.10 bits per heavy atom. The predicted octanol–water partition coefficient (Wildman–Crippen LogP) is 11.1. The molecule has 0 aromatic heterocycles. The Balaban J connectivity index is 4.25. The van der Waals surface area contributed by atoms with Crippen LogP contribution in [-0.2, 0) is 27.9 Å². The molecular formula is C39H79NO7P+. The molecule has 0 aliphatic carbocycles. The number of hydrogen-bond acceptors (Lipinski definition) is 6. The van der Waals surface area contributed by atoms with E-state index in [-0.39, 0.29) is 25.8 Å². The van der Waals surface area contributed by atoms with Gasteiger partial charge in [0, 0.05) is 13.0 Å². The number of allylic oxidation sites excluding steroid dienone is 2. The Morgan fingerprint density at radius 3 is 1.65 bits per heavy atom. The molecule has 286 valence electrons. The SMILES string of the molecule is CCCC/C=C\CCCCCCCC(=O)OC(COCCCCCCCCCCCCCCCCC)COP(=O)(O)OCC[N+](C)(C)C. The summed E-state index contributed by atoms with van der Waals surface area (Å²) in [5.41, 5.74) is 0. The molecule has 0 fully saturated rings. The van der Waals surface area contributed by atoms with Gasteiger partial charge in [0.1, 0.15) is 19.3 Å². The molecule has 0 saturated carbocycles. The number of unbranched alkanes of at least 4 members (excludes halogenated alkanes) is 21. The molecule has 0 amide bonds. The van der Waals surface area contributed by atoms with E-state index in [0.717, 1.165) is 44.9 Å². The number of phosphoric acid groups is 1. The van der Waals surface area contributed by atoms with Gasteiger partial charge in [0.05, 0.1) is 34.4 Å². The minimum absolute atomic E-state index is 0.0899. The first-order valence-electron chi connectivity index (χ1n) is 19.9. The predicted molar refractivity (Wildman–Crippen MR) is 201 cm³/mol. The number of quaternary nitrogens is 1. The minimum atomic E-state index is -4.26. The normalized spacial score (nSPS) is 14.0. The number of phosphoric ester groups is 1. The molecule has 2 unspecified atom stereocenters. The molecule has 0 saturated heterocycles. The van der Waals surface area contributed by atoms with Gasteiger partial charge in [-0.25, -0.2) is 4.57 Å². The summed E-state index contributed by atoms with van der Waals surface area (Å²) < 4.78 is 34.9. The lowest BCUT2D eigenvalue weighted by atomic mass is 10.0.